The summed E-state index contributed by atoms with van der Waals surface area (Å²) in [6.45, 7) is 9.46. The van der Waals surface area contributed by atoms with Crippen molar-refractivity contribution in [1.82, 2.24) is 15.1 Å². The summed E-state index contributed by atoms with van der Waals surface area (Å²) in [5, 5.41) is 3.64. The van der Waals surface area contributed by atoms with Crippen molar-refractivity contribution in [3.63, 3.8) is 0 Å². The minimum Gasteiger partial charge on any atom is -0.311 e. The molecule has 21 heavy (non-hydrogen) atoms. The number of thioether (sulfide) groups is 1. The van der Waals surface area contributed by atoms with Crippen LogP contribution in [0.15, 0.2) is 30.3 Å². The van der Waals surface area contributed by atoms with Crippen LogP contribution in [0.3, 0.4) is 0 Å². The molecule has 0 saturated carbocycles. The Morgan fingerprint density at radius 2 is 1.90 bits per heavy atom. The fourth-order valence-corrected chi connectivity index (χ4v) is 4.31. The predicted molar refractivity (Wildman–Crippen MR) is 92.0 cm³/mol. The second-order valence-corrected chi connectivity index (χ2v) is 7.41. The van der Waals surface area contributed by atoms with E-state index >= 15 is 0 Å². The largest absolute Gasteiger partial charge is 0.311 e. The van der Waals surface area contributed by atoms with Gasteiger partial charge in [0.15, 0.2) is 0 Å². The Morgan fingerprint density at radius 3 is 2.67 bits per heavy atom. The van der Waals surface area contributed by atoms with Crippen molar-refractivity contribution < 1.29 is 0 Å². The third-order valence-electron chi connectivity index (χ3n) is 4.60. The molecular formula is C17H27N3S. The lowest BCUT2D eigenvalue weighted by molar-refractivity contribution is 0.118. The van der Waals surface area contributed by atoms with Crippen LogP contribution in [0, 0.1) is 0 Å². The molecule has 0 radical (unpaired) electrons. The molecule has 2 saturated heterocycles. The van der Waals surface area contributed by atoms with Crippen molar-refractivity contribution in [3.05, 3.63) is 35.9 Å². The molecule has 2 fully saturated rings. The molecule has 2 heterocycles. The van der Waals surface area contributed by atoms with Gasteiger partial charge in [-0.2, -0.15) is 11.8 Å². The zero-order valence-corrected chi connectivity index (χ0v) is 13.8. The van der Waals surface area contributed by atoms with Gasteiger partial charge in [0.25, 0.3) is 0 Å². The van der Waals surface area contributed by atoms with Crippen molar-refractivity contribution in [2.24, 2.45) is 0 Å². The molecule has 2 aliphatic heterocycles. The summed E-state index contributed by atoms with van der Waals surface area (Å²) >= 11 is 2.09. The fraction of sp³-hybridized carbons (Fsp3) is 0.647. The number of hydrogen-bond donors (Lipinski definition) is 1. The Kier molecular flexibility index (Phi) is 5.58. The van der Waals surface area contributed by atoms with E-state index in [1.807, 2.05) is 0 Å². The number of benzene rings is 1. The van der Waals surface area contributed by atoms with E-state index in [-0.39, 0.29) is 0 Å². The average molecular weight is 305 g/mol. The maximum absolute atomic E-state index is 3.64. The number of piperazine rings is 1. The molecule has 1 aromatic rings. The van der Waals surface area contributed by atoms with Crippen LogP contribution in [0.4, 0.5) is 0 Å². The van der Waals surface area contributed by atoms with Crippen molar-refractivity contribution in [1.29, 1.82) is 0 Å². The summed E-state index contributed by atoms with van der Waals surface area (Å²) < 4.78 is 0. The molecule has 0 bridgehead atoms. The van der Waals surface area contributed by atoms with Crippen LogP contribution in [-0.2, 0) is 0 Å². The first-order valence-corrected chi connectivity index (χ1v) is 9.31. The highest BCUT2D eigenvalue weighted by molar-refractivity contribution is 7.99. The highest BCUT2D eigenvalue weighted by atomic mass is 32.2. The summed E-state index contributed by atoms with van der Waals surface area (Å²) in [7, 11) is 0. The quantitative estimate of drug-likeness (QED) is 0.917. The summed E-state index contributed by atoms with van der Waals surface area (Å²) in [5.74, 6) is 2.61. The molecule has 0 spiro atoms. The van der Waals surface area contributed by atoms with Crippen molar-refractivity contribution in [2.45, 2.75) is 19.0 Å². The van der Waals surface area contributed by atoms with E-state index in [4.69, 9.17) is 0 Å². The predicted octanol–water partition coefficient (Wildman–Crippen LogP) is 2.07. The zero-order chi connectivity index (χ0) is 14.5. The van der Waals surface area contributed by atoms with Gasteiger partial charge in [-0.05, 0) is 12.5 Å². The smallest absolute Gasteiger partial charge is 0.0473 e. The number of nitrogens with zero attached hydrogens (tertiary/aromatic N) is 2. The second kappa shape index (κ2) is 7.63. The minimum absolute atomic E-state index is 0.529. The molecule has 0 aliphatic carbocycles. The summed E-state index contributed by atoms with van der Waals surface area (Å²) in [5.41, 5.74) is 1.45. The van der Waals surface area contributed by atoms with E-state index in [1.54, 1.807) is 0 Å². The van der Waals surface area contributed by atoms with Crippen LogP contribution in [-0.4, -0.2) is 66.6 Å². The van der Waals surface area contributed by atoms with Crippen molar-refractivity contribution >= 4 is 11.8 Å². The van der Waals surface area contributed by atoms with E-state index in [0.717, 1.165) is 13.1 Å². The molecule has 0 amide bonds. The number of rotatable bonds is 4. The third-order valence-corrected chi connectivity index (χ3v) is 5.54. The third kappa shape index (κ3) is 4.22. The van der Waals surface area contributed by atoms with Gasteiger partial charge in [-0.1, -0.05) is 30.3 Å². The Bertz CT molecular complexity index is 419. The van der Waals surface area contributed by atoms with Crippen LogP contribution in [0.2, 0.25) is 0 Å². The zero-order valence-electron chi connectivity index (χ0n) is 13.0. The Hall–Kier alpha value is -0.550. The highest BCUT2D eigenvalue weighted by Gasteiger charge is 2.27. The summed E-state index contributed by atoms with van der Waals surface area (Å²) in [6.07, 6.45) is 0. The van der Waals surface area contributed by atoms with Crippen molar-refractivity contribution in [2.75, 3.05) is 50.8 Å². The molecule has 1 aromatic carbocycles. The van der Waals surface area contributed by atoms with Gasteiger partial charge in [0.2, 0.25) is 0 Å². The van der Waals surface area contributed by atoms with Gasteiger partial charge in [-0.3, -0.25) is 4.90 Å². The molecule has 3 nitrogen and oxygen atoms in total. The van der Waals surface area contributed by atoms with Gasteiger partial charge >= 0.3 is 0 Å². The van der Waals surface area contributed by atoms with Gasteiger partial charge in [0.1, 0.15) is 0 Å². The van der Waals surface area contributed by atoms with Gasteiger partial charge in [0.05, 0.1) is 0 Å². The lowest BCUT2D eigenvalue weighted by Gasteiger charge is -2.41. The van der Waals surface area contributed by atoms with Crippen molar-refractivity contribution in [3.8, 4) is 0 Å². The van der Waals surface area contributed by atoms with Crippen LogP contribution in [0.5, 0.6) is 0 Å². The van der Waals surface area contributed by atoms with Crippen LogP contribution in [0.25, 0.3) is 0 Å². The fourth-order valence-electron chi connectivity index (χ4n) is 3.33. The summed E-state index contributed by atoms with van der Waals surface area (Å²) in [4.78, 5) is 5.31. The Morgan fingerprint density at radius 1 is 1.14 bits per heavy atom. The average Bonchev–Trinajstić information content (AvgIpc) is 2.55. The van der Waals surface area contributed by atoms with Crippen LogP contribution < -0.4 is 5.32 Å². The number of hydrogen-bond acceptors (Lipinski definition) is 4. The first-order chi connectivity index (χ1) is 10.3. The molecule has 116 valence electrons. The monoisotopic (exact) mass is 305 g/mol. The molecule has 3 rings (SSSR count). The van der Waals surface area contributed by atoms with Crippen LogP contribution in [0.1, 0.15) is 18.5 Å². The highest BCUT2D eigenvalue weighted by Crippen LogP contribution is 2.23. The Balaban J connectivity index is 1.61. The topological polar surface area (TPSA) is 18.5 Å². The van der Waals surface area contributed by atoms with Crippen LogP contribution >= 0.6 is 11.8 Å². The normalized spacial score (nSPS) is 28.6. The molecule has 2 atom stereocenters. The lowest BCUT2D eigenvalue weighted by atomic mass is 10.0. The first kappa shape index (κ1) is 15.3. The van der Waals surface area contributed by atoms with Gasteiger partial charge in [-0.25, -0.2) is 0 Å². The van der Waals surface area contributed by atoms with E-state index < -0.39 is 0 Å². The molecule has 0 aromatic heterocycles. The maximum Gasteiger partial charge on any atom is 0.0473 e. The lowest BCUT2D eigenvalue weighted by Crippen LogP contribution is -2.53. The number of nitrogens with one attached hydrogen (secondary N) is 1. The van der Waals surface area contributed by atoms with E-state index in [0.29, 0.717) is 12.1 Å². The van der Waals surface area contributed by atoms with E-state index in [9.17, 15) is 0 Å². The molecule has 1 N–H and O–H groups in total. The molecule has 2 unspecified atom stereocenters. The molecular weight excluding hydrogens is 278 g/mol. The maximum atomic E-state index is 3.64. The first-order valence-electron chi connectivity index (χ1n) is 8.15. The van der Waals surface area contributed by atoms with Gasteiger partial charge in [0, 0.05) is 62.9 Å². The van der Waals surface area contributed by atoms with E-state index in [2.05, 4.69) is 64.1 Å². The SMILES string of the molecule is CC1CN(CCN2CCSCC2)C(c2ccccc2)CN1. The molecule has 2 aliphatic rings. The second-order valence-electron chi connectivity index (χ2n) is 6.18. The standard InChI is InChI=1S/C17H27N3S/c1-15-14-20(8-7-19-9-11-21-12-10-19)17(13-18-15)16-5-3-2-4-6-16/h2-6,15,17-18H,7-14H2,1H3. The Labute approximate surface area is 133 Å². The summed E-state index contributed by atoms with van der Waals surface area (Å²) in [6, 6.07) is 12.1. The van der Waals surface area contributed by atoms with E-state index in [1.165, 1.54) is 43.2 Å². The minimum atomic E-state index is 0.529. The van der Waals surface area contributed by atoms with Gasteiger partial charge < -0.3 is 10.2 Å². The van der Waals surface area contributed by atoms with Gasteiger partial charge in [-0.15, -0.1) is 0 Å². The molecule has 4 heteroatoms.